The van der Waals surface area contributed by atoms with Gasteiger partial charge in [0.15, 0.2) is 0 Å². The molecule has 3 nitrogen and oxygen atoms in total. The van der Waals surface area contributed by atoms with Crippen LogP contribution in [-0.4, -0.2) is 12.5 Å². The maximum atomic E-state index is 13.4. The highest BCUT2D eigenvalue weighted by Gasteiger charge is 2.27. The fraction of sp³-hybridized carbons (Fsp3) is 0.133. The number of nitrogens with two attached hydrogens (primary N) is 1. The Bertz CT molecular complexity index is 702. The first-order chi connectivity index (χ1) is 9.56. The van der Waals surface area contributed by atoms with Crippen molar-refractivity contribution in [3.63, 3.8) is 0 Å². The highest BCUT2D eigenvalue weighted by Crippen LogP contribution is 2.31. The van der Waals surface area contributed by atoms with Gasteiger partial charge in [0.05, 0.1) is 11.3 Å². The van der Waals surface area contributed by atoms with Gasteiger partial charge in [-0.2, -0.15) is 0 Å². The van der Waals surface area contributed by atoms with Gasteiger partial charge in [-0.05, 0) is 58.2 Å². The molecule has 2 N–H and O–H groups in total. The van der Waals surface area contributed by atoms with E-state index < -0.39 is 0 Å². The van der Waals surface area contributed by atoms with E-state index >= 15 is 0 Å². The SMILES string of the molecule is Nc1ccc(Br)c(C(=O)N2CCc3ccc(F)cc32)c1. The molecule has 1 amide bonds. The Morgan fingerprint density at radius 3 is 2.85 bits per heavy atom. The zero-order valence-electron chi connectivity index (χ0n) is 10.6. The third-order valence-electron chi connectivity index (χ3n) is 3.41. The lowest BCUT2D eigenvalue weighted by Crippen LogP contribution is -2.29. The molecule has 2 aromatic carbocycles. The first kappa shape index (κ1) is 13.1. The Labute approximate surface area is 124 Å². The number of fused-ring (bicyclic) bond motifs is 1. The molecule has 0 saturated heterocycles. The molecular weight excluding hydrogens is 323 g/mol. The Kier molecular flexibility index (Phi) is 3.22. The fourth-order valence-electron chi connectivity index (χ4n) is 2.42. The molecule has 0 fully saturated rings. The topological polar surface area (TPSA) is 46.3 Å². The number of benzene rings is 2. The van der Waals surface area contributed by atoms with Gasteiger partial charge in [-0.25, -0.2) is 4.39 Å². The first-order valence-electron chi connectivity index (χ1n) is 6.21. The maximum Gasteiger partial charge on any atom is 0.259 e. The molecule has 5 heteroatoms. The Morgan fingerprint density at radius 2 is 2.05 bits per heavy atom. The van der Waals surface area contributed by atoms with Crippen molar-refractivity contribution in [3.05, 3.63) is 57.8 Å². The molecule has 0 radical (unpaired) electrons. The van der Waals surface area contributed by atoms with Crippen molar-refractivity contribution in [2.45, 2.75) is 6.42 Å². The molecule has 2 aromatic rings. The summed E-state index contributed by atoms with van der Waals surface area (Å²) in [5.74, 6) is -0.511. The molecule has 20 heavy (non-hydrogen) atoms. The molecule has 1 heterocycles. The van der Waals surface area contributed by atoms with Gasteiger partial charge in [-0.15, -0.1) is 0 Å². The number of nitrogen functional groups attached to an aromatic ring is 1. The first-order valence-corrected chi connectivity index (χ1v) is 7.01. The summed E-state index contributed by atoms with van der Waals surface area (Å²) in [7, 11) is 0. The average molecular weight is 335 g/mol. The van der Waals surface area contributed by atoms with Crippen molar-refractivity contribution in [1.29, 1.82) is 0 Å². The summed E-state index contributed by atoms with van der Waals surface area (Å²) in [6, 6.07) is 9.64. The minimum Gasteiger partial charge on any atom is -0.399 e. The number of anilines is 2. The van der Waals surface area contributed by atoms with E-state index in [0.717, 1.165) is 12.0 Å². The minimum atomic E-state index is -0.338. The number of hydrogen-bond acceptors (Lipinski definition) is 2. The van der Waals surface area contributed by atoms with Crippen LogP contribution < -0.4 is 10.6 Å². The average Bonchev–Trinajstić information content (AvgIpc) is 2.83. The number of halogens is 2. The molecular formula is C15H12BrFN2O. The van der Waals surface area contributed by atoms with Gasteiger partial charge in [-0.3, -0.25) is 4.79 Å². The summed E-state index contributed by atoms with van der Waals surface area (Å²) in [5.41, 5.74) is 8.37. The van der Waals surface area contributed by atoms with Crippen LogP contribution in [0.3, 0.4) is 0 Å². The standard InChI is InChI=1S/C15H12BrFN2O/c16-13-4-3-11(18)8-12(13)15(20)19-6-5-9-1-2-10(17)7-14(9)19/h1-4,7-8H,5-6,18H2. The Hall–Kier alpha value is -1.88. The molecule has 0 aliphatic carbocycles. The van der Waals surface area contributed by atoms with E-state index in [9.17, 15) is 9.18 Å². The maximum absolute atomic E-state index is 13.4. The summed E-state index contributed by atoms with van der Waals surface area (Å²) in [5, 5.41) is 0. The predicted octanol–water partition coefficient (Wildman–Crippen LogP) is 3.37. The van der Waals surface area contributed by atoms with Crippen molar-refractivity contribution in [2.24, 2.45) is 0 Å². The molecule has 102 valence electrons. The molecule has 1 aliphatic heterocycles. The minimum absolute atomic E-state index is 0.173. The number of hydrogen-bond donors (Lipinski definition) is 1. The predicted molar refractivity (Wildman–Crippen MR) is 80.3 cm³/mol. The summed E-state index contributed by atoms with van der Waals surface area (Å²) >= 11 is 3.36. The number of rotatable bonds is 1. The Balaban J connectivity index is 2.01. The normalized spacial score (nSPS) is 13.4. The van der Waals surface area contributed by atoms with Crippen LogP contribution in [0.1, 0.15) is 15.9 Å². The zero-order valence-corrected chi connectivity index (χ0v) is 12.2. The summed E-state index contributed by atoms with van der Waals surface area (Å²) < 4.78 is 14.1. The second kappa shape index (κ2) is 4.90. The van der Waals surface area contributed by atoms with Crippen LogP contribution in [-0.2, 0) is 6.42 Å². The van der Waals surface area contributed by atoms with Gasteiger partial charge in [-0.1, -0.05) is 6.07 Å². The molecule has 0 unspecified atom stereocenters. The highest BCUT2D eigenvalue weighted by atomic mass is 79.9. The van der Waals surface area contributed by atoms with E-state index in [2.05, 4.69) is 15.9 Å². The van der Waals surface area contributed by atoms with Gasteiger partial charge in [0.1, 0.15) is 5.82 Å². The molecule has 0 spiro atoms. The van der Waals surface area contributed by atoms with Crippen molar-refractivity contribution in [2.75, 3.05) is 17.2 Å². The quantitative estimate of drug-likeness (QED) is 0.812. The van der Waals surface area contributed by atoms with Crippen LogP contribution in [0.2, 0.25) is 0 Å². The van der Waals surface area contributed by atoms with Crippen LogP contribution in [0.4, 0.5) is 15.8 Å². The summed E-state index contributed by atoms with van der Waals surface area (Å²) in [6.45, 7) is 0.554. The molecule has 0 atom stereocenters. The number of carbonyl (C=O) groups is 1. The fourth-order valence-corrected chi connectivity index (χ4v) is 2.83. The molecule has 3 rings (SSSR count). The van der Waals surface area contributed by atoms with Crippen LogP contribution in [0.25, 0.3) is 0 Å². The third-order valence-corrected chi connectivity index (χ3v) is 4.10. The highest BCUT2D eigenvalue weighted by molar-refractivity contribution is 9.10. The third kappa shape index (κ3) is 2.18. The Morgan fingerprint density at radius 1 is 1.25 bits per heavy atom. The van der Waals surface area contributed by atoms with Gasteiger partial charge >= 0.3 is 0 Å². The summed E-state index contributed by atoms with van der Waals surface area (Å²) in [4.78, 5) is 14.2. The zero-order chi connectivity index (χ0) is 14.3. The summed E-state index contributed by atoms with van der Waals surface area (Å²) in [6.07, 6.45) is 0.737. The molecule has 0 bridgehead atoms. The van der Waals surface area contributed by atoms with Crippen molar-refractivity contribution in [1.82, 2.24) is 0 Å². The molecule has 0 aromatic heterocycles. The number of amides is 1. The second-order valence-electron chi connectivity index (χ2n) is 4.72. The van der Waals surface area contributed by atoms with Gasteiger partial charge in [0.25, 0.3) is 5.91 Å². The van der Waals surface area contributed by atoms with Crippen LogP contribution in [0.5, 0.6) is 0 Å². The smallest absolute Gasteiger partial charge is 0.259 e. The van der Waals surface area contributed by atoms with E-state index in [1.165, 1.54) is 12.1 Å². The lowest BCUT2D eigenvalue weighted by atomic mass is 10.1. The molecule has 0 saturated carbocycles. The monoisotopic (exact) mass is 334 g/mol. The van der Waals surface area contributed by atoms with E-state index in [4.69, 9.17) is 5.73 Å². The van der Waals surface area contributed by atoms with E-state index in [0.29, 0.717) is 28.0 Å². The lowest BCUT2D eigenvalue weighted by Gasteiger charge is -2.18. The molecule has 1 aliphatic rings. The van der Waals surface area contributed by atoms with Gasteiger partial charge < -0.3 is 10.6 Å². The largest absolute Gasteiger partial charge is 0.399 e. The van der Waals surface area contributed by atoms with E-state index in [1.807, 2.05) is 0 Å². The van der Waals surface area contributed by atoms with Crippen LogP contribution in [0.15, 0.2) is 40.9 Å². The van der Waals surface area contributed by atoms with Crippen molar-refractivity contribution in [3.8, 4) is 0 Å². The van der Waals surface area contributed by atoms with Crippen molar-refractivity contribution < 1.29 is 9.18 Å². The van der Waals surface area contributed by atoms with E-state index in [-0.39, 0.29) is 11.7 Å². The van der Waals surface area contributed by atoms with Gasteiger partial charge in [0.2, 0.25) is 0 Å². The second-order valence-corrected chi connectivity index (χ2v) is 5.57. The van der Waals surface area contributed by atoms with Crippen molar-refractivity contribution >= 4 is 33.2 Å². The van der Waals surface area contributed by atoms with Gasteiger partial charge in [0, 0.05) is 16.7 Å². The number of nitrogens with zero attached hydrogens (tertiary/aromatic N) is 1. The van der Waals surface area contributed by atoms with Crippen LogP contribution in [0, 0.1) is 5.82 Å². The van der Waals surface area contributed by atoms with Crippen LogP contribution >= 0.6 is 15.9 Å². The lowest BCUT2D eigenvalue weighted by molar-refractivity contribution is 0.0988. The van der Waals surface area contributed by atoms with E-state index in [1.54, 1.807) is 29.2 Å². The number of carbonyl (C=O) groups excluding carboxylic acids is 1.